The number of hydrogen-bond acceptors (Lipinski definition) is 9. The van der Waals surface area contributed by atoms with E-state index in [1.54, 1.807) is 32.9 Å². The van der Waals surface area contributed by atoms with E-state index in [0.717, 1.165) is 15.6 Å². The number of anilines is 2. The normalized spacial score (nSPS) is 11.2. The summed E-state index contributed by atoms with van der Waals surface area (Å²) in [6.45, 7) is 4.99. The lowest BCUT2D eigenvalue weighted by Crippen LogP contribution is -2.24. The molecule has 10 nitrogen and oxygen atoms in total. The minimum atomic E-state index is -3.62. The summed E-state index contributed by atoms with van der Waals surface area (Å²) in [5.74, 6) is -1.76. The van der Waals surface area contributed by atoms with Gasteiger partial charge in [-0.2, -0.15) is 0 Å². The van der Waals surface area contributed by atoms with Gasteiger partial charge < -0.3 is 20.1 Å². The van der Waals surface area contributed by atoms with Crippen molar-refractivity contribution >= 4 is 49.9 Å². The molecule has 1 heterocycles. The lowest BCUT2D eigenvalue weighted by molar-refractivity contribution is -0.114. The molecule has 0 fully saturated rings. The first-order chi connectivity index (χ1) is 15.5. The smallest absolute Gasteiger partial charge is 0.348 e. The maximum atomic E-state index is 12.6. The highest BCUT2D eigenvalue weighted by atomic mass is 32.2. The minimum absolute atomic E-state index is 0.0791. The van der Waals surface area contributed by atoms with Crippen molar-refractivity contribution in [1.29, 1.82) is 0 Å². The predicted octanol–water partition coefficient (Wildman–Crippen LogP) is 2.71. The molecule has 1 amide bonds. The molecule has 0 radical (unpaired) electrons. The van der Waals surface area contributed by atoms with Gasteiger partial charge in [0.15, 0.2) is 0 Å². The number of carbonyl (C=O) groups is 3. The molecule has 2 N–H and O–H groups in total. The van der Waals surface area contributed by atoms with Crippen molar-refractivity contribution in [2.45, 2.75) is 25.7 Å². The van der Waals surface area contributed by atoms with Crippen molar-refractivity contribution in [2.75, 3.05) is 44.5 Å². The monoisotopic (exact) mass is 497 g/mol. The summed E-state index contributed by atoms with van der Waals surface area (Å²) >= 11 is 0.927. The summed E-state index contributed by atoms with van der Waals surface area (Å²) in [5, 5.41) is 5.65. The first kappa shape index (κ1) is 26.3. The molecule has 0 spiro atoms. The van der Waals surface area contributed by atoms with Crippen LogP contribution in [0.15, 0.2) is 29.2 Å². The zero-order valence-corrected chi connectivity index (χ0v) is 20.7. The number of benzene rings is 1. The van der Waals surface area contributed by atoms with E-state index in [0.29, 0.717) is 11.3 Å². The number of nitrogens with zero attached hydrogens (tertiary/aromatic N) is 1. The zero-order chi connectivity index (χ0) is 24.8. The molecule has 0 unspecified atom stereocenters. The number of ether oxygens (including phenoxy) is 2. The highest BCUT2D eigenvalue weighted by Crippen LogP contribution is 2.34. The molecule has 1 aromatic carbocycles. The predicted molar refractivity (Wildman–Crippen MR) is 125 cm³/mol. The van der Waals surface area contributed by atoms with Gasteiger partial charge in [-0.1, -0.05) is 6.07 Å². The number of carbonyl (C=O) groups excluding carboxylic acids is 3. The number of thiophene rings is 1. The van der Waals surface area contributed by atoms with Crippen molar-refractivity contribution in [1.82, 2.24) is 4.31 Å². The number of amides is 1. The number of rotatable bonds is 10. The lowest BCUT2D eigenvalue weighted by Gasteiger charge is -2.13. The molecule has 2 aromatic rings. The molecule has 33 heavy (non-hydrogen) atoms. The maximum Gasteiger partial charge on any atom is 0.348 e. The van der Waals surface area contributed by atoms with Crippen LogP contribution in [0.25, 0.3) is 0 Å². The SMILES string of the molecule is CCOC(=O)c1sc(NC(=O)CNc2cccc(S(=O)(=O)N(C)C)c2)c(C(=O)OCC)c1C. The van der Waals surface area contributed by atoms with E-state index < -0.39 is 27.9 Å². The Morgan fingerprint density at radius 1 is 1.06 bits per heavy atom. The van der Waals surface area contributed by atoms with E-state index in [4.69, 9.17) is 9.47 Å². The fraction of sp³-hybridized carbons (Fsp3) is 0.381. The number of esters is 2. The Morgan fingerprint density at radius 2 is 1.70 bits per heavy atom. The van der Waals surface area contributed by atoms with Crippen LogP contribution >= 0.6 is 11.3 Å². The summed E-state index contributed by atoms with van der Waals surface area (Å²) in [6, 6.07) is 6.06. The molecule has 1 aromatic heterocycles. The van der Waals surface area contributed by atoms with Gasteiger partial charge in [0.1, 0.15) is 9.88 Å². The second-order valence-corrected chi connectivity index (χ2v) is 10.1. The van der Waals surface area contributed by atoms with Crippen LogP contribution in [0.5, 0.6) is 0 Å². The second kappa shape index (κ2) is 11.3. The first-order valence-electron chi connectivity index (χ1n) is 10.1. The van der Waals surface area contributed by atoms with Gasteiger partial charge in [0.2, 0.25) is 15.9 Å². The van der Waals surface area contributed by atoms with Crippen LogP contribution in [0.3, 0.4) is 0 Å². The average Bonchev–Trinajstić information content (AvgIpc) is 3.08. The van der Waals surface area contributed by atoms with Crippen LogP contribution in [-0.2, 0) is 24.3 Å². The quantitative estimate of drug-likeness (QED) is 0.479. The second-order valence-electron chi connectivity index (χ2n) is 6.92. The van der Waals surface area contributed by atoms with Gasteiger partial charge in [0.05, 0.1) is 30.2 Å². The van der Waals surface area contributed by atoms with Gasteiger partial charge >= 0.3 is 11.9 Å². The van der Waals surface area contributed by atoms with Crippen LogP contribution < -0.4 is 10.6 Å². The van der Waals surface area contributed by atoms with Crippen molar-refractivity contribution in [2.24, 2.45) is 0 Å². The van der Waals surface area contributed by atoms with E-state index in [1.165, 1.54) is 26.2 Å². The van der Waals surface area contributed by atoms with Crippen molar-refractivity contribution in [3.05, 3.63) is 40.3 Å². The summed E-state index contributed by atoms with van der Waals surface area (Å²) in [7, 11) is -0.767. The fourth-order valence-electron chi connectivity index (χ4n) is 2.77. The molecule has 0 saturated carbocycles. The minimum Gasteiger partial charge on any atom is -0.462 e. The third-order valence-electron chi connectivity index (χ3n) is 4.41. The molecule has 2 rings (SSSR count). The molecular weight excluding hydrogens is 470 g/mol. The summed E-state index contributed by atoms with van der Waals surface area (Å²) in [4.78, 5) is 37.5. The van der Waals surface area contributed by atoms with Crippen molar-refractivity contribution < 1.29 is 32.3 Å². The third kappa shape index (κ3) is 6.30. The standard InChI is InChI=1S/C21H27N3O7S2/c1-6-30-20(26)17-13(3)18(21(27)31-7-2)32-19(17)23-16(25)12-22-14-9-8-10-15(11-14)33(28,29)24(4)5/h8-11,22H,6-7,12H2,1-5H3,(H,23,25). The molecule has 0 aliphatic rings. The van der Waals surface area contributed by atoms with Crippen molar-refractivity contribution in [3.63, 3.8) is 0 Å². The fourth-order valence-corrected chi connectivity index (χ4v) is 4.83. The first-order valence-corrected chi connectivity index (χ1v) is 12.3. The van der Waals surface area contributed by atoms with Gasteiger partial charge in [0.25, 0.3) is 0 Å². The van der Waals surface area contributed by atoms with Gasteiger partial charge in [0, 0.05) is 19.8 Å². The largest absolute Gasteiger partial charge is 0.462 e. The molecule has 0 aliphatic heterocycles. The third-order valence-corrected chi connectivity index (χ3v) is 7.40. The van der Waals surface area contributed by atoms with Crippen LogP contribution in [-0.4, -0.2) is 64.4 Å². The average molecular weight is 498 g/mol. The Bertz CT molecular complexity index is 1140. The van der Waals surface area contributed by atoms with Crippen LogP contribution in [0, 0.1) is 6.92 Å². The summed E-state index contributed by atoms with van der Waals surface area (Å²) in [6.07, 6.45) is 0. The van der Waals surface area contributed by atoms with E-state index in [-0.39, 0.29) is 40.1 Å². The van der Waals surface area contributed by atoms with Crippen LogP contribution in [0.1, 0.15) is 39.4 Å². The number of sulfonamides is 1. The van der Waals surface area contributed by atoms with E-state index in [9.17, 15) is 22.8 Å². The van der Waals surface area contributed by atoms with Gasteiger partial charge in [-0.25, -0.2) is 22.3 Å². The van der Waals surface area contributed by atoms with Gasteiger partial charge in [-0.15, -0.1) is 11.3 Å². The highest BCUT2D eigenvalue weighted by molar-refractivity contribution is 7.89. The molecule has 0 bridgehead atoms. The Kier molecular flexibility index (Phi) is 8.97. The molecule has 12 heteroatoms. The number of nitrogens with one attached hydrogen (secondary N) is 2. The maximum absolute atomic E-state index is 12.6. The molecule has 0 aliphatic carbocycles. The Hall–Kier alpha value is -2.96. The van der Waals surface area contributed by atoms with Crippen molar-refractivity contribution in [3.8, 4) is 0 Å². The molecule has 0 atom stereocenters. The van der Waals surface area contributed by atoms with Gasteiger partial charge in [-0.3, -0.25) is 4.79 Å². The van der Waals surface area contributed by atoms with Crippen LogP contribution in [0.4, 0.5) is 10.7 Å². The van der Waals surface area contributed by atoms with E-state index in [1.807, 2.05) is 0 Å². The summed E-state index contributed by atoms with van der Waals surface area (Å²) in [5.41, 5.74) is 0.882. The van der Waals surface area contributed by atoms with Crippen LogP contribution in [0.2, 0.25) is 0 Å². The molecular formula is C21H27N3O7S2. The number of hydrogen-bond donors (Lipinski definition) is 2. The Balaban J connectivity index is 2.21. The van der Waals surface area contributed by atoms with E-state index in [2.05, 4.69) is 10.6 Å². The van der Waals surface area contributed by atoms with E-state index >= 15 is 0 Å². The van der Waals surface area contributed by atoms with Gasteiger partial charge in [-0.05, 0) is 44.5 Å². The Morgan fingerprint density at radius 3 is 2.30 bits per heavy atom. The molecule has 180 valence electrons. The Labute approximate surface area is 196 Å². The highest BCUT2D eigenvalue weighted by Gasteiger charge is 2.27. The zero-order valence-electron chi connectivity index (χ0n) is 19.1. The molecule has 0 saturated heterocycles. The topological polar surface area (TPSA) is 131 Å². The summed E-state index contributed by atoms with van der Waals surface area (Å²) < 4.78 is 35.8. The lowest BCUT2D eigenvalue weighted by atomic mass is 10.1.